The third kappa shape index (κ3) is 2.46. The summed E-state index contributed by atoms with van der Waals surface area (Å²) in [4.78, 5) is 0.429. The number of rotatable bonds is 3. The van der Waals surface area contributed by atoms with Crippen LogP contribution in [0.3, 0.4) is 0 Å². The lowest BCUT2D eigenvalue weighted by molar-refractivity contribution is 0.686. The van der Waals surface area contributed by atoms with Crippen molar-refractivity contribution in [2.75, 3.05) is 0 Å². The maximum Gasteiger partial charge on any atom is 0.103 e. The van der Waals surface area contributed by atoms with Crippen LogP contribution in [-0.2, 0) is 6.54 Å². The molecule has 0 aliphatic carbocycles. The van der Waals surface area contributed by atoms with Crippen LogP contribution in [0.4, 0.5) is 0 Å². The van der Waals surface area contributed by atoms with Crippen molar-refractivity contribution < 1.29 is 0 Å². The number of thiocarbonyl (C=S) groups is 1. The number of aromatic nitrogens is 2. The van der Waals surface area contributed by atoms with E-state index in [1.54, 1.807) is 0 Å². The zero-order valence-electron chi connectivity index (χ0n) is 9.05. The average molecular weight is 231 g/mol. The first-order valence-electron chi connectivity index (χ1n) is 5.03. The molecule has 0 unspecified atom stereocenters. The first-order chi connectivity index (χ1) is 7.65. The lowest BCUT2D eigenvalue weighted by Gasteiger charge is -2.04. The van der Waals surface area contributed by atoms with Crippen LogP contribution >= 0.6 is 12.2 Å². The topological polar surface area (TPSA) is 43.8 Å². The minimum Gasteiger partial charge on any atom is -0.389 e. The SMILES string of the molecule is Cc1cnn(Cc2cccc(C(N)=S)c2)c1. The van der Waals surface area contributed by atoms with Crippen LogP contribution in [0.1, 0.15) is 16.7 Å². The summed E-state index contributed by atoms with van der Waals surface area (Å²) in [6, 6.07) is 7.92. The first-order valence-corrected chi connectivity index (χ1v) is 5.44. The molecule has 0 atom stereocenters. The van der Waals surface area contributed by atoms with E-state index in [1.807, 2.05) is 48.3 Å². The van der Waals surface area contributed by atoms with Gasteiger partial charge in [-0.05, 0) is 24.1 Å². The molecule has 4 heteroatoms. The van der Waals surface area contributed by atoms with Crippen LogP contribution in [-0.4, -0.2) is 14.8 Å². The Morgan fingerprint density at radius 2 is 2.31 bits per heavy atom. The van der Waals surface area contributed by atoms with Crippen LogP contribution in [0.25, 0.3) is 0 Å². The van der Waals surface area contributed by atoms with Crippen molar-refractivity contribution in [3.05, 3.63) is 53.3 Å². The largest absolute Gasteiger partial charge is 0.389 e. The number of nitrogens with two attached hydrogens (primary N) is 1. The molecule has 1 aromatic carbocycles. The van der Waals surface area contributed by atoms with Crippen molar-refractivity contribution in [2.45, 2.75) is 13.5 Å². The first kappa shape index (κ1) is 10.8. The predicted octanol–water partition coefficient (Wildman–Crippen LogP) is 1.87. The number of nitrogens with zero attached hydrogens (tertiary/aromatic N) is 2. The van der Waals surface area contributed by atoms with Crippen molar-refractivity contribution in [2.24, 2.45) is 5.73 Å². The Hall–Kier alpha value is -1.68. The average Bonchev–Trinajstić information content (AvgIpc) is 2.64. The number of aryl methyl sites for hydroxylation is 1. The molecule has 0 aliphatic rings. The van der Waals surface area contributed by atoms with E-state index in [9.17, 15) is 0 Å². The van der Waals surface area contributed by atoms with Gasteiger partial charge in [0, 0.05) is 11.8 Å². The van der Waals surface area contributed by atoms with Gasteiger partial charge in [-0.3, -0.25) is 4.68 Å². The van der Waals surface area contributed by atoms with E-state index in [1.165, 1.54) is 0 Å². The molecule has 2 aromatic rings. The lowest BCUT2D eigenvalue weighted by Crippen LogP contribution is -2.10. The molecule has 0 saturated heterocycles. The van der Waals surface area contributed by atoms with Gasteiger partial charge in [-0.2, -0.15) is 5.10 Å². The molecule has 0 spiro atoms. The summed E-state index contributed by atoms with van der Waals surface area (Å²) in [7, 11) is 0. The fourth-order valence-corrected chi connectivity index (χ4v) is 1.69. The highest BCUT2D eigenvalue weighted by atomic mass is 32.1. The molecule has 2 rings (SSSR count). The van der Waals surface area contributed by atoms with Crippen LogP contribution in [0, 0.1) is 6.92 Å². The highest BCUT2D eigenvalue weighted by Gasteiger charge is 2.00. The van der Waals surface area contributed by atoms with Crippen LogP contribution < -0.4 is 5.73 Å². The maximum atomic E-state index is 5.59. The highest BCUT2D eigenvalue weighted by molar-refractivity contribution is 7.80. The fraction of sp³-hybridized carbons (Fsp3) is 0.167. The van der Waals surface area contributed by atoms with E-state index in [2.05, 4.69) is 5.10 Å². The Labute approximate surface area is 99.9 Å². The molecule has 0 amide bonds. The minimum absolute atomic E-state index is 0.429. The smallest absolute Gasteiger partial charge is 0.103 e. The molecule has 1 heterocycles. The summed E-state index contributed by atoms with van der Waals surface area (Å²) >= 11 is 4.95. The second-order valence-corrected chi connectivity index (χ2v) is 4.22. The van der Waals surface area contributed by atoms with Crippen molar-refractivity contribution in [1.82, 2.24) is 9.78 Å². The third-order valence-corrected chi connectivity index (χ3v) is 2.55. The van der Waals surface area contributed by atoms with Crippen LogP contribution in [0.5, 0.6) is 0 Å². The Morgan fingerprint density at radius 3 is 2.94 bits per heavy atom. The summed E-state index contributed by atoms with van der Waals surface area (Å²) < 4.78 is 1.90. The molecule has 0 radical (unpaired) electrons. The Bertz CT molecular complexity index is 516. The molecular weight excluding hydrogens is 218 g/mol. The molecule has 0 aliphatic heterocycles. The second-order valence-electron chi connectivity index (χ2n) is 3.78. The van der Waals surface area contributed by atoms with Crippen molar-refractivity contribution in [3.63, 3.8) is 0 Å². The Kier molecular flexibility index (Phi) is 3.01. The molecule has 3 nitrogen and oxygen atoms in total. The van der Waals surface area contributed by atoms with E-state index in [4.69, 9.17) is 18.0 Å². The molecule has 0 fully saturated rings. The van der Waals surface area contributed by atoms with Crippen molar-refractivity contribution in [1.29, 1.82) is 0 Å². The van der Waals surface area contributed by atoms with Gasteiger partial charge < -0.3 is 5.73 Å². The molecule has 1 aromatic heterocycles. The molecule has 0 bridgehead atoms. The summed E-state index contributed by atoms with van der Waals surface area (Å²) in [6.45, 7) is 2.76. The van der Waals surface area contributed by atoms with Gasteiger partial charge in [-0.25, -0.2) is 0 Å². The number of hydrogen-bond donors (Lipinski definition) is 1. The van der Waals surface area contributed by atoms with E-state index < -0.39 is 0 Å². The lowest BCUT2D eigenvalue weighted by atomic mass is 10.1. The molecule has 0 saturated carbocycles. The van der Waals surface area contributed by atoms with Crippen molar-refractivity contribution >= 4 is 17.2 Å². The van der Waals surface area contributed by atoms with Gasteiger partial charge in [0.15, 0.2) is 0 Å². The molecule has 82 valence electrons. The molecule has 2 N–H and O–H groups in total. The van der Waals surface area contributed by atoms with Crippen LogP contribution in [0.15, 0.2) is 36.7 Å². The van der Waals surface area contributed by atoms with Gasteiger partial charge >= 0.3 is 0 Å². The monoisotopic (exact) mass is 231 g/mol. The number of benzene rings is 1. The van der Waals surface area contributed by atoms with Gasteiger partial charge in [-0.1, -0.05) is 30.4 Å². The quantitative estimate of drug-likeness (QED) is 0.820. The van der Waals surface area contributed by atoms with Gasteiger partial charge in [0.05, 0.1) is 12.7 Å². The van der Waals surface area contributed by atoms with Gasteiger partial charge in [0.2, 0.25) is 0 Å². The third-order valence-electron chi connectivity index (χ3n) is 2.32. The van der Waals surface area contributed by atoms with E-state index in [0.717, 1.165) is 23.2 Å². The predicted molar refractivity (Wildman–Crippen MR) is 68.4 cm³/mol. The van der Waals surface area contributed by atoms with Crippen molar-refractivity contribution in [3.8, 4) is 0 Å². The second kappa shape index (κ2) is 4.45. The van der Waals surface area contributed by atoms with E-state index in [-0.39, 0.29) is 0 Å². The summed E-state index contributed by atoms with van der Waals surface area (Å²) in [6.07, 6.45) is 3.85. The fourth-order valence-electron chi connectivity index (χ4n) is 1.56. The van der Waals surface area contributed by atoms with Gasteiger partial charge in [0.25, 0.3) is 0 Å². The van der Waals surface area contributed by atoms with Crippen LogP contribution in [0.2, 0.25) is 0 Å². The maximum absolute atomic E-state index is 5.59. The van der Waals surface area contributed by atoms with E-state index >= 15 is 0 Å². The zero-order chi connectivity index (χ0) is 11.5. The normalized spacial score (nSPS) is 10.3. The standard InChI is InChI=1S/C12H13N3S/c1-9-6-14-15(7-9)8-10-3-2-4-11(5-10)12(13)16/h2-7H,8H2,1H3,(H2,13,16). The van der Waals surface area contributed by atoms with Gasteiger partial charge in [0.1, 0.15) is 4.99 Å². The van der Waals surface area contributed by atoms with Gasteiger partial charge in [-0.15, -0.1) is 0 Å². The minimum atomic E-state index is 0.429. The summed E-state index contributed by atoms with van der Waals surface area (Å²) in [5, 5.41) is 4.24. The molecule has 16 heavy (non-hydrogen) atoms. The van der Waals surface area contributed by atoms with E-state index in [0.29, 0.717) is 4.99 Å². The Balaban J connectivity index is 2.21. The molecular formula is C12H13N3S. The highest BCUT2D eigenvalue weighted by Crippen LogP contribution is 2.07. The number of hydrogen-bond acceptors (Lipinski definition) is 2. The summed E-state index contributed by atoms with van der Waals surface area (Å²) in [5.41, 5.74) is 8.79. The summed E-state index contributed by atoms with van der Waals surface area (Å²) in [5.74, 6) is 0. The Morgan fingerprint density at radius 1 is 1.50 bits per heavy atom. The zero-order valence-corrected chi connectivity index (χ0v) is 9.87.